The Morgan fingerprint density at radius 2 is 1.82 bits per heavy atom. The van der Waals surface area contributed by atoms with Gasteiger partial charge in [-0.15, -0.1) is 0 Å². The molecule has 1 aromatic carbocycles. The number of carbonyl (C=O) groups is 2. The lowest BCUT2D eigenvalue weighted by molar-refractivity contribution is -0.119. The van der Waals surface area contributed by atoms with E-state index in [0.29, 0.717) is 31.4 Å². The first-order valence-corrected chi connectivity index (χ1v) is 10.2. The van der Waals surface area contributed by atoms with E-state index in [0.717, 1.165) is 34.1 Å². The molecular weight excluding hydrogens is 420 g/mol. The van der Waals surface area contributed by atoms with Crippen molar-refractivity contribution in [3.8, 4) is 0 Å². The van der Waals surface area contributed by atoms with Crippen LogP contribution < -0.4 is 10.6 Å². The van der Waals surface area contributed by atoms with Gasteiger partial charge >= 0.3 is 0 Å². The zero-order valence-electron chi connectivity index (χ0n) is 16.2. The quantitative estimate of drug-likeness (QED) is 0.647. The Morgan fingerprint density at radius 3 is 2.43 bits per heavy atom. The molecule has 0 unspecified atom stereocenters. The average molecular weight is 445 g/mol. The molecule has 0 atom stereocenters. The lowest BCUT2D eigenvalue weighted by Gasteiger charge is -2.21. The SMILES string of the molecule is Cc1cccc(C)c1NC(=O)CN(CCC(=O)Nc1ccc(Br)cn1)C1CC1. The highest BCUT2D eigenvalue weighted by atomic mass is 79.9. The molecule has 28 heavy (non-hydrogen) atoms. The minimum Gasteiger partial charge on any atom is -0.324 e. The number of nitrogens with zero attached hydrogens (tertiary/aromatic N) is 2. The second kappa shape index (κ2) is 9.30. The molecule has 0 aliphatic heterocycles. The van der Waals surface area contributed by atoms with Crippen molar-refractivity contribution in [1.29, 1.82) is 0 Å². The van der Waals surface area contributed by atoms with E-state index in [1.807, 2.05) is 38.1 Å². The molecule has 0 spiro atoms. The molecule has 0 radical (unpaired) electrons. The van der Waals surface area contributed by atoms with Crippen LogP contribution in [0.4, 0.5) is 11.5 Å². The van der Waals surface area contributed by atoms with Crippen LogP contribution in [-0.4, -0.2) is 40.8 Å². The number of carbonyl (C=O) groups excluding carboxylic acids is 2. The van der Waals surface area contributed by atoms with Crippen molar-refractivity contribution in [1.82, 2.24) is 9.88 Å². The van der Waals surface area contributed by atoms with Gasteiger partial charge in [-0.3, -0.25) is 14.5 Å². The maximum Gasteiger partial charge on any atom is 0.238 e. The zero-order valence-corrected chi connectivity index (χ0v) is 17.8. The largest absolute Gasteiger partial charge is 0.324 e. The minimum atomic E-state index is -0.101. The summed E-state index contributed by atoms with van der Waals surface area (Å²) < 4.78 is 0.861. The number of halogens is 1. The van der Waals surface area contributed by atoms with Crippen LogP contribution in [0.25, 0.3) is 0 Å². The number of anilines is 2. The lowest BCUT2D eigenvalue weighted by Crippen LogP contribution is -2.37. The highest BCUT2D eigenvalue weighted by Crippen LogP contribution is 2.27. The lowest BCUT2D eigenvalue weighted by atomic mass is 10.1. The highest BCUT2D eigenvalue weighted by Gasteiger charge is 2.30. The standard InChI is InChI=1S/C21H25BrN4O2/c1-14-4-3-5-15(2)21(14)25-20(28)13-26(17-7-8-17)11-10-19(27)24-18-9-6-16(22)12-23-18/h3-6,9,12,17H,7-8,10-11,13H2,1-2H3,(H,25,28)(H,23,24,27). The number of rotatable bonds is 8. The molecule has 0 bridgehead atoms. The van der Waals surface area contributed by atoms with E-state index >= 15 is 0 Å². The average Bonchev–Trinajstić information content (AvgIpc) is 3.49. The predicted octanol–water partition coefficient (Wildman–Crippen LogP) is 3.89. The fourth-order valence-corrected chi connectivity index (χ4v) is 3.34. The zero-order chi connectivity index (χ0) is 20.1. The molecule has 7 heteroatoms. The number of aryl methyl sites for hydroxylation is 2. The minimum absolute atomic E-state index is 0.0423. The normalized spacial score (nSPS) is 13.4. The van der Waals surface area contributed by atoms with Crippen molar-refractivity contribution in [2.45, 2.75) is 39.2 Å². The van der Waals surface area contributed by atoms with Crippen molar-refractivity contribution in [2.75, 3.05) is 23.7 Å². The number of pyridine rings is 1. The van der Waals surface area contributed by atoms with Gasteiger partial charge in [0, 0.05) is 35.4 Å². The van der Waals surface area contributed by atoms with Crippen molar-refractivity contribution in [3.63, 3.8) is 0 Å². The fourth-order valence-electron chi connectivity index (χ4n) is 3.11. The van der Waals surface area contributed by atoms with E-state index in [1.165, 1.54) is 0 Å². The van der Waals surface area contributed by atoms with Crippen molar-refractivity contribution in [3.05, 3.63) is 52.1 Å². The predicted molar refractivity (Wildman–Crippen MR) is 114 cm³/mol. The Morgan fingerprint density at radius 1 is 1.11 bits per heavy atom. The Balaban J connectivity index is 1.51. The van der Waals surface area contributed by atoms with E-state index in [1.54, 1.807) is 12.3 Å². The molecule has 3 rings (SSSR count). The van der Waals surface area contributed by atoms with E-state index in [9.17, 15) is 9.59 Å². The Labute approximate surface area is 173 Å². The molecule has 1 saturated carbocycles. The molecule has 1 aromatic heterocycles. The second-order valence-electron chi connectivity index (χ2n) is 7.18. The van der Waals surface area contributed by atoms with Crippen molar-refractivity contribution < 1.29 is 9.59 Å². The molecular formula is C21H25BrN4O2. The van der Waals surface area contributed by atoms with Crippen LogP contribution >= 0.6 is 15.9 Å². The molecule has 148 valence electrons. The van der Waals surface area contributed by atoms with Crippen LogP contribution in [0, 0.1) is 13.8 Å². The third kappa shape index (κ3) is 5.87. The maximum absolute atomic E-state index is 12.6. The maximum atomic E-state index is 12.6. The molecule has 2 N–H and O–H groups in total. The van der Waals surface area contributed by atoms with Crippen LogP contribution in [-0.2, 0) is 9.59 Å². The molecule has 2 amide bonds. The van der Waals surface area contributed by atoms with Gasteiger partial charge in [0.05, 0.1) is 6.54 Å². The summed E-state index contributed by atoms with van der Waals surface area (Å²) in [5.41, 5.74) is 2.97. The summed E-state index contributed by atoms with van der Waals surface area (Å²) in [5, 5.41) is 5.82. The van der Waals surface area contributed by atoms with E-state index in [-0.39, 0.29) is 11.8 Å². The number of nitrogens with one attached hydrogen (secondary N) is 2. The fraction of sp³-hybridized carbons (Fsp3) is 0.381. The first kappa shape index (κ1) is 20.5. The van der Waals surface area contributed by atoms with Gasteiger partial charge in [0.1, 0.15) is 5.82 Å². The van der Waals surface area contributed by atoms with Gasteiger partial charge in [0.15, 0.2) is 0 Å². The number of hydrogen-bond acceptors (Lipinski definition) is 4. The number of hydrogen-bond donors (Lipinski definition) is 2. The summed E-state index contributed by atoms with van der Waals surface area (Å²) >= 11 is 3.32. The van der Waals surface area contributed by atoms with Crippen LogP contribution in [0.5, 0.6) is 0 Å². The third-order valence-electron chi connectivity index (χ3n) is 4.78. The molecule has 1 fully saturated rings. The molecule has 0 saturated heterocycles. The van der Waals surface area contributed by atoms with Gasteiger partial charge in [-0.1, -0.05) is 18.2 Å². The van der Waals surface area contributed by atoms with Crippen LogP contribution in [0.15, 0.2) is 41.0 Å². The Bertz CT molecular complexity index is 830. The van der Waals surface area contributed by atoms with Crippen LogP contribution in [0.3, 0.4) is 0 Å². The van der Waals surface area contributed by atoms with E-state index < -0.39 is 0 Å². The summed E-state index contributed by atoms with van der Waals surface area (Å²) in [7, 11) is 0. The number of aromatic nitrogens is 1. The van der Waals surface area contributed by atoms with Crippen molar-refractivity contribution >= 4 is 39.2 Å². The molecule has 6 nitrogen and oxygen atoms in total. The van der Waals surface area contributed by atoms with Crippen molar-refractivity contribution in [2.24, 2.45) is 0 Å². The summed E-state index contributed by atoms with van der Waals surface area (Å²) in [6, 6.07) is 9.93. The summed E-state index contributed by atoms with van der Waals surface area (Å²) in [5.74, 6) is 0.383. The monoisotopic (exact) mass is 444 g/mol. The molecule has 1 heterocycles. The molecule has 1 aliphatic carbocycles. The van der Waals surface area contributed by atoms with E-state index in [4.69, 9.17) is 0 Å². The number of para-hydroxylation sites is 1. The summed E-state index contributed by atoms with van der Waals surface area (Å²) in [6.07, 6.45) is 4.12. The Hall–Kier alpha value is -2.25. The topological polar surface area (TPSA) is 74.3 Å². The Kier molecular flexibility index (Phi) is 6.80. The number of amides is 2. The van der Waals surface area contributed by atoms with Gasteiger partial charge in [0.25, 0.3) is 0 Å². The van der Waals surface area contributed by atoms with Crippen LogP contribution in [0.1, 0.15) is 30.4 Å². The number of benzene rings is 1. The first-order valence-electron chi connectivity index (χ1n) is 9.44. The third-order valence-corrected chi connectivity index (χ3v) is 5.25. The van der Waals surface area contributed by atoms with E-state index in [2.05, 4.69) is 36.4 Å². The first-order chi connectivity index (χ1) is 13.4. The van der Waals surface area contributed by atoms with Gasteiger partial charge in [-0.05, 0) is 65.9 Å². The van der Waals surface area contributed by atoms with Gasteiger partial charge < -0.3 is 10.6 Å². The smallest absolute Gasteiger partial charge is 0.238 e. The van der Waals surface area contributed by atoms with Crippen LogP contribution in [0.2, 0.25) is 0 Å². The van der Waals surface area contributed by atoms with Gasteiger partial charge in [-0.25, -0.2) is 4.98 Å². The summed E-state index contributed by atoms with van der Waals surface area (Å²) in [6.45, 7) is 4.82. The van der Waals surface area contributed by atoms with Gasteiger partial charge in [-0.2, -0.15) is 0 Å². The highest BCUT2D eigenvalue weighted by molar-refractivity contribution is 9.10. The summed E-state index contributed by atoms with van der Waals surface area (Å²) in [4.78, 5) is 31.0. The van der Waals surface area contributed by atoms with Gasteiger partial charge in [0.2, 0.25) is 11.8 Å². The second-order valence-corrected chi connectivity index (χ2v) is 8.09. The molecule has 1 aliphatic rings. The molecule has 2 aromatic rings.